The maximum Gasteiger partial charge on any atom is 0.131 e. The third-order valence-electron chi connectivity index (χ3n) is 2.68. The fourth-order valence-electron chi connectivity index (χ4n) is 1.70. The van der Waals surface area contributed by atoms with Crippen molar-refractivity contribution in [3.63, 3.8) is 0 Å². The molecule has 1 aromatic rings. The van der Waals surface area contributed by atoms with Gasteiger partial charge in [-0.25, -0.2) is 0 Å². The van der Waals surface area contributed by atoms with E-state index in [1.165, 1.54) is 0 Å². The molecule has 1 heterocycles. The normalized spacial score (nSPS) is 20.0. The standard InChI is InChI=1S/C12H12O2/c1-8-9(2)14-12-6-4-3-5-10(12)11(8)7-13/h3-7,11H,1-2H3. The van der Waals surface area contributed by atoms with E-state index in [-0.39, 0.29) is 5.92 Å². The Hall–Kier alpha value is -1.57. The number of para-hydroxylation sites is 1. The Morgan fingerprint density at radius 1 is 1.29 bits per heavy atom. The Morgan fingerprint density at radius 3 is 2.71 bits per heavy atom. The maximum absolute atomic E-state index is 11.0. The molecule has 72 valence electrons. The zero-order valence-corrected chi connectivity index (χ0v) is 8.28. The molecule has 0 saturated heterocycles. The Labute approximate surface area is 83.2 Å². The molecular formula is C12H12O2. The molecule has 1 aliphatic heterocycles. The van der Waals surface area contributed by atoms with Crippen LogP contribution in [-0.4, -0.2) is 6.29 Å². The first-order valence-electron chi connectivity index (χ1n) is 4.63. The van der Waals surface area contributed by atoms with Crippen molar-refractivity contribution >= 4 is 6.29 Å². The SMILES string of the molecule is CC1=C(C)C(C=O)c2ccccc2O1. The summed E-state index contributed by atoms with van der Waals surface area (Å²) >= 11 is 0. The van der Waals surface area contributed by atoms with E-state index in [0.717, 1.165) is 28.9 Å². The van der Waals surface area contributed by atoms with Crippen molar-refractivity contribution < 1.29 is 9.53 Å². The molecule has 0 bridgehead atoms. The number of allylic oxidation sites excluding steroid dienone is 2. The molecule has 0 aliphatic carbocycles. The minimum atomic E-state index is -0.139. The Bertz CT molecular complexity index is 405. The van der Waals surface area contributed by atoms with Gasteiger partial charge in [-0.2, -0.15) is 0 Å². The van der Waals surface area contributed by atoms with Crippen LogP contribution in [0.15, 0.2) is 35.6 Å². The number of rotatable bonds is 1. The number of aldehydes is 1. The maximum atomic E-state index is 11.0. The number of fused-ring (bicyclic) bond motifs is 1. The van der Waals surface area contributed by atoms with Gasteiger partial charge in [-0.05, 0) is 25.5 Å². The van der Waals surface area contributed by atoms with Crippen LogP contribution in [-0.2, 0) is 4.79 Å². The third-order valence-corrected chi connectivity index (χ3v) is 2.68. The molecule has 1 atom stereocenters. The Balaban J connectivity index is 2.56. The quantitative estimate of drug-likeness (QED) is 0.633. The van der Waals surface area contributed by atoms with Gasteiger partial charge in [0.15, 0.2) is 0 Å². The lowest BCUT2D eigenvalue weighted by molar-refractivity contribution is -0.108. The second-order valence-corrected chi connectivity index (χ2v) is 3.49. The fraction of sp³-hybridized carbons (Fsp3) is 0.250. The van der Waals surface area contributed by atoms with Gasteiger partial charge >= 0.3 is 0 Å². The summed E-state index contributed by atoms with van der Waals surface area (Å²) in [6, 6.07) is 7.66. The molecule has 0 amide bonds. The number of hydrogen-bond donors (Lipinski definition) is 0. The van der Waals surface area contributed by atoms with Crippen LogP contribution in [0.3, 0.4) is 0 Å². The van der Waals surface area contributed by atoms with E-state index in [1.54, 1.807) is 0 Å². The lowest BCUT2D eigenvalue weighted by Gasteiger charge is -2.24. The minimum Gasteiger partial charge on any atom is -0.462 e. The van der Waals surface area contributed by atoms with E-state index in [0.29, 0.717) is 0 Å². The van der Waals surface area contributed by atoms with E-state index >= 15 is 0 Å². The Kier molecular flexibility index (Phi) is 2.12. The molecule has 2 heteroatoms. The van der Waals surface area contributed by atoms with Crippen molar-refractivity contribution in [3.8, 4) is 5.75 Å². The third kappa shape index (κ3) is 1.23. The van der Waals surface area contributed by atoms with E-state index in [1.807, 2.05) is 38.1 Å². The van der Waals surface area contributed by atoms with E-state index < -0.39 is 0 Å². The monoisotopic (exact) mass is 188 g/mol. The second kappa shape index (κ2) is 3.29. The summed E-state index contributed by atoms with van der Waals surface area (Å²) in [6.07, 6.45) is 0.972. The molecule has 0 radical (unpaired) electrons. The zero-order chi connectivity index (χ0) is 10.1. The van der Waals surface area contributed by atoms with E-state index in [4.69, 9.17) is 4.74 Å². The highest BCUT2D eigenvalue weighted by atomic mass is 16.5. The van der Waals surface area contributed by atoms with E-state index in [2.05, 4.69) is 0 Å². The number of carbonyl (C=O) groups excluding carboxylic acids is 1. The molecule has 1 aliphatic rings. The van der Waals surface area contributed by atoms with Crippen molar-refractivity contribution in [1.82, 2.24) is 0 Å². The largest absolute Gasteiger partial charge is 0.462 e. The predicted octanol–water partition coefficient (Wildman–Crippen LogP) is 2.66. The van der Waals surface area contributed by atoms with Crippen molar-refractivity contribution in [1.29, 1.82) is 0 Å². The fourth-order valence-corrected chi connectivity index (χ4v) is 1.70. The molecule has 0 saturated carbocycles. The molecule has 0 fully saturated rings. The van der Waals surface area contributed by atoms with E-state index in [9.17, 15) is 4.79 Å². The highest BCUT2D eigenvalue weighted by molar-refractivity contribution is 5.71. The molecule has 2 nitrogen and oxygen atoms in total. The summed E-state index contributed by atoms with van der Waals surface area (Å²) in [7, 11) is 0. The van der Waals surface area contributed by atoms with Gasteiger partial charge in [0, 0.05) is 5.56 Å². The Morgan fingerprint density at radius 2 is 2.00 bits per heavy atom. The van der Waals surface area contributed by atoms with Crippen LogP contribution in [0, 0.1) is 0 Å². The first-order chi connectivity index (χ1) is 6.74. The molecule has 0 aromatic heterocycles. The van der Waals surface area contributed by atoms with Gasteiger partial charge < -0.3 is 9.53 Å². The first kappa shape index (κ1) is 9.00. The van der Waals surface area contributed by atoms with Gasteiger partial charge in [0.25, 0.3) is 0 Å². The van der Waals surface area contributed by atoms with Gasteiger partial charge in [-0.1, -0.05) is 18.2 Å². The summed E-state index contributed by atoms with van der Waals surface area (Å²) in [6.45, 7) is 3.83. The summed E-state index contributed by atoms with van der Waals surface area (Å²) < 4.78 is 5.60. The molecule has 0 spiro atoms. The van der Waals surface area contributed by atoms with Gasteiger partial charge in [-0.3, -0.25) is 0 Å². The van der Waals surface area contributed by atoms with Crippen molar-refractivity contribution in [2.45, 2.75) is 19.8 Å². The van der Waals surface area contributed by atoms with Crippen LogP contribution >= 0.6 is 0 Å². The van der Waals surface area contributed by atoms with Crippen LogP contribution in [0.1, 0.15) is 25.3 Å². The second-order valence-electron chi connectivity index (χ2n) is 3.49. The molecular weight excluding hydrogens is 176 g/mol. The number of ether oxygens (including phenoxy) is 1. The number of hydrogen-bond acceptors (Lipinski definition) is 2. The number of benzene rings is 1. The van der Waals surface area contributed by atoms with Crippen molar-refractivity contribution in [3.05, 3.63) is 41.2 Å². The lowest BCUT2D eigenvalue weighted by atomic mass is 9.90. The van der Waals surface area contributed by atoms with Gasteiger partial charge in [0.05, 0.1) is 5.92 Å². The van der Waals surface area contributed by atoms with Gasteiger partial charge in [-0.15, -0.1) is 0 Å². The molecule has 0 N–H and O–H groups in total. The van der Waals surface area contributed by atoms with Crippen LogP contribution in [0.2, 0.25) is 0 Å². The first-order valence-corrected chi connectivity index (χ1v) is 4.63. The summed E-state index contributed by atoms with van der Waals surface area (Å²) in [4.78, 5) is 11.0. The number of carbonyl (C=O) groups is 1. The average Bonchev–Trinajstić information content (AvgIpc) is 2.20. The highest BCUT2D eigenvalue weighted by Gasteiger charge is 2.24. The highest BCUT2D eigenvalue weighted by Crippen LogP contribution is 2.37. The predicted molar refractivity (Wildman–Crippen MR) is 54.2 cm³/mol. The molecule has 1 aromatic carbocycles. The van der Waals surface area contributed by atoms with Gasteiger partial charge in [0.2, 0.25) is 0 Å². The summed E-state index contributed by atoms with van der Waals surface area (Å²) in [5.41, 5.74) is 1.96. The molecule has 14 heavy (non-hydrogen) atoms. The minimum absolute atomic E-state index is 0.139. The van der Waals surface area contributed by atoms with Crippen LogP contribution < -0.4 is 4.74 Å². The molecule has 1 unspecified atom stereocenters. The van der Waals surface area contributed by atoms with Crippen LogP contribution in [0.5, 0.6) is 5.75 Å². The average molecular weight is 188 g/mol. The summed E-state index contributed by atoms with van der Waals surface area (Å²) in [5, 5.41) is 0. The van der Waals surface area contributed by atoms with Crippen molar-refractivity contribution in [2.24, 2.45) is 0 Å². The van der Waals surface area contributed by atoms with Gasteiger partial charge in [0.1, 0.15) is 17.8 Å². The summed E-state index contributed by atoms with van der Waals surface area (Å²) in [5.74, 6) is 1.49. The van der Waals surface area contributed by atoms with Crippen LogP contribution in [0.4, 0.5) is 0 Å². The van der Waals surface area contributed by atoms with Crippen molar-refractivity contribution in [2.75, 3.05) is 0 Å². The van der Waals surface area contributed by atoms with Crippen LogP contribution in [0.25, 0.3) is 0 Å². The lowest BCUT2D eigenvalue weighted by Crippen LogP contribution is -2.13. The topological polar surface area (TPSA) is 26.3 Å². The zero-order valence-electron chi connectivity index (χ0n) is 8.28. The smallest absolute Gasteiger partial charge is 0.131 e. The molecule has 2 rings (SSSR count).